The van der Waals surface area contributed by atoms with Crippen molar-refractivity contribution in [1.82, 2.24) is 5.32 Å². The van der Waals surface area contributed by atoms with Crippen LogP contribution in [0.4, 0.5) is 0 Å². The quantitative estimate of drug-likeness (QED) is 0.613. The minimum absolute atomic E-state index is 0.0251. The second-order valence-corrected chi connectivity index (χ2v) is 3.97. The average molecular weight is 142 g/mol. The molecular weight excluding hydrogens is 124 g/mol. The number of nitrogens with two attached hydrogens (primary N) is 1. The summed E-state index contributed by atoms with van der Waals surface area (Å²) in [7, 11) is 0. The van der Waals surface area contributed by atoms with Crippen LogP contribution in [-0.2, 0) is 0 Å². The van der Waals surface area contributed by atoms with Gasteiger partial charge in [0, 0.05) is 11.6 Å². The largest absolute Gasteiger partial charge is 0.326 e. The van der Waals surface area contributed by atoms with Gasteiger partial charge in [-0.2, -0.15) is 0 Å². The summed E-state index contributed by atoms with van der Waals surface area (Å²) in [4.78, 5) is 0. The zero-order valence-electron chi connectivity index (χ0n) is 6.98. The van der Waals surface area contributed by atoms with Gasteiger partial charge < -0.3 is 11.1 Å². The first-order valence-electron chi connectivity index (χ1n) is 4.10. The highest BCUT2D eigenvalue weighted by molar-refractivity contribution is 4.81. The summed E-state index contributed by atoms with van der Waals surface area (Å²) in [5, 5.41) is 3.36. The Kier molecular flexibility index (Phi) is 2.32. The van der Waals surface area contributed by atoms with Crippen LogP contribution in [0.1, 0.15) is 33.1 Å². The fraction of sp³-hybridized carbons (Fsp3) is 1.00. The van der Waals surface area contributed by atoms with E-state index in [0.717, 1.165) is 12.5 Å². The standard InChI is InChI=1S/C8H18N2/c1-8(2,9)5-3-7-4-6-10-7/h7,10H,3-6,9H2,1-2H3. The predicted octanol–water partition coefficient (Wildman–Crippen LogP) is 0.866. The second-order valence-electron chi connectivity index (χ2n) is 3.97. The van der Waals surface area contributed by atoms with E-state index in [2.05, 4.69) is 19.2 Å². The molecule has 0 aromatic heterocycles. The summed E-state index contributed by atoms with van der Waals surface area (Å²) < 4.78 is 0. The van der Waals surface area contributed by atoms with E-state index in [-0.39, 0.29) is 5.54 Å². The first-order valence-corrected chi connectivity index (χ1v) is 4.10. The molecule has 60 valence electrons. The Morgan fingerprint density at radius 1 is 1.60 bits per heavy atom. The molecule has 1 aliphatic heterocycles. The third-order valence-corrected chi connectivity index (χ3v) is 2.06. The van der Waals surface area contributed by atoms with Crippen molar-refractivity contribution >= 4 is 0 Å². The molecule has 0 saturated carbocycles. The Labute approximate surface area is 63.2 Å². The predicted molar refractivity (Wildman–Crippen MR) is 43.9 cm³/mol. The van der Waals surface area contributed by atoms with Crippen LogP contribution in [0.2, 0.25) is 0 Å². The molecule has 1 rings (SSSR count). The van der Waals surface area contributed by atoms with Crippen molar-refractivity contribution in [3.63, 3.8) is 0 Å². The van der Waals surface area contributed by atoms with Gasteiger partial charge in [0.05, 0.1) is 0 Å². The van der Waals surface area contributed by atoms with E-state index in [9.17, 15) is 0 Å². The lowest BCUT2D eigenvalue weighted by Crippen LogP contribution is -2.44. The SMILES string of the molecule is CC(C)(N)CCC1CCN1. The fourth-order valence-corrected chi connectivity index (χ4v) is 1.14. The van der Waals surface area contributed by atoms with Crippen molar-refractivity contribution in [3.8, 4) is 0 Å². The minimum Gasteiger partial charge on any atom is -0.326 e. The zero-order chi connectivity index (χ0) is 7.61. The number of hydrogen-bond donors (Lipinski definition) is 2. The van der Waals surface area contributed by atoms with E-state index >= 15 is 0 Å². The first-order chi connectivity index (χ1) is 4.58. The molecule has 2 nitrogen and oxygen atoms in total. The molecule has 1 aliphatic rings. The molecule has 0 radical (unpaired) electrons. The molecule has 10 heavy (non-hydrogen) atoms. The molecule has 0 bridgehead atoms. The van der Waals surface area contributed by atoms with E-state index < -0.39 is 0 Å². The molecule has 1 atom stereocenters. The molecule has 1 unspecified atom stereocenters. The van der Waals surface area contributed by atoms with Crippen molar-refractivity contribution in [1.29, 1.82) is 0 Å². The molecule has 0 spiro atoms. The van der Waals surface area contributed by atoms with Crippen LogP contribution in [0.15, 0.2) is 0 Å². The lowest BCUT2D eigenvalue weighted by molar-refractivity contribution is 0.313. The van der Waals surface area contributed by atoms with E-state index in [1.165, 1.54) is 19.4 Å². The Morgan fingerprint density at radius 2 is 2.20 bits per heavy atom. The molecule has 2 heteroatoms. The van der Waals surface area contributed by atoms with Gasteiger partial charge in [-0.3, -0.25) is 0 Å². The molecule has 0 aromatic rings. The Bertz CT molecular complexity index is 100. The minimum atomic E-state index is 0.0251. The molecule has 1 fully saturated rings. The Balaban J connectivity index is 2.04. The molecule has 3 N–H and O–H groups in total. The second kappa shape index (κ2) is 2.89. The maximum absolute atomic E-state index is 5.83. The summed E-state index contributed by atoms with van der Waals surface area (Å²) in [5.41, 5.74) is 5.86. The van der Waals surface area contributed by atoms with Crippen LogP contribution in [0.3, 0.4) is 0 Å². The van der Waals surface area contributed by atoms with Crippen LogP contribution >= 0.6 is 0 Å². The molecule has 1 heterocycles. The highest BCUT2D eigenvalue weighted by Crippen LogP contribution is 2.14. The van der Waals surface area contributed by atoms with Gasteiger partial charge in [0.15, 0.2) is 0 Å². The fourth-order valence-electron chi connectivity index (χ4n) is 1.14. The van der Waals surface area contributed by atoms with Crippen LogP contribution in [0, 0.1) is 0 Å². The lowest BCUT2D eigenvalue weighted by Gasteiger charge is -2.30. The van der Waals surface area contributed by atoms with Crippen LogP contribution in [0.25, 0.3) is 0 Å². The summed E-state index contributed by atoms with van der Waals surface area (Å²) in [6, 6.07) is 0.767. The molecular formula is C8H18N2. The Hall–Kier alpha value is -0.0800. The number of hydrogen-bond acceptors (Lipinski definition) is 2. The van der Waals surface area contributed by atoms with Crippen LogP contribution in [-0.4, -0.2) is 18.1 Å². The summed E-state index contributed by atoms with van der Waals surface area (Å²) in [5.74, 6) is 0. The molecule has 0 amide bonds. The number of rotatable bonds is 3. The first kappa shape index (κ1) is 8.02. The third-order valence-electron chi connectivity index (χ3n) is 2.06. The maximum Gasteiger partial charge on any atom is 0.00976 e. The van der Waals surface area contributed by atoms with Crippen molar-refractivity contribution in [2.45, 2.75) is 44.7 Å². The van der Waals surface area contributed by atoms with Gasteiger partial charge in [0.1, 0.15) is 0 Å². The van der Waals surface area contributed by atoms with Crippen LogP contribution < -0.4 is 11.1 Å². The average Bonchev–Trinajstić information content (AvgIpc) is 1.56. The summed E-state index contributed by atoms with van der Waals surface area (Å²) in [6.45, 7) is 5.38. The molecule has 0 aliphatic carbocycles. The van der Waals surface area contributed by atoms with E-state index in [0.29, 0.717) is 0 Å². The van der Waals surface area contributed by atoms with E-state index in [1.807, 2.05) is 0 Å². The zero-order valence-corrected chi connectivity index (χ0v) is 6.98. The third kappa shape index (κ3) is 2.67. The van der Waals surface area contributed by atoms with Gasteiger partial charge in [-0.15, -0.1) is 0 Å². The van der Waals surface area contributed by atoms with Crippen molar-refractivity contribution in [2.75, 3.05) is 6.54 Å². The topological polar surface area (TPSA) is 38.0 Å². The monoisotopic (exact) mass is 142 g/mol. The van der Waals surface area contributed by atoms with Gasteiger partial charge >= 0.3 is 0 Å². The highest BCUT2D eigenvalue weighted by Gasteiger charge is 2.19. The highest BCUT2D eigenvalue weighted by atomic mass is 15.0. The summed E-state index contributed by atoms with van der Waals surface area (Å²) in [6.07, 6.45) is 3.71. The van der Waals surface area contributed by atoms with Crippen molar-refractivity contribution in [2.24, 2.45) is 5.73 Å². The Morgan fingerprint density at radius 3 is 2.50 bits per heavy atom. The van der Waals surface area contributed by atoms with Gasteiger partial charge in [-0.05, 0) is 39.7 Å². The molecule has 0 aromatic carbocycles. The van der Waals surface area contributed by atoms with Crippen molar-refractivity contribution < 1.29 is 0 Å². The van der Waals surface area contributed by atoms with Gasteiger partial charge in [-0.25, -0.2) is 0 Å². The smallest absolute Gasteiger partial charge is 0.00976 e. The summed E-state index contributed by atoms with van der Waals surface area (Å²) >= 11 is 0. The van der Waals surface area contributed by atoms with Crippen molar-refractivity contribution in [3.05, 3.63) is 0 Å². The van der Waals surface area contributed by atoms with Gasteiger partial charge in [0.2, 0.25) is 0 Å². The van der Waals surface area contributed by atoms with E-state index in [4.69, 9.17) is 5.73 Å². The number of nitrogens with one attached hydrogen (secondary N) is 1. The van der Waals surface area contributed by atoms with Gasteiger partial charge in [-0.1, -0.05) is 0 Å². The van der Waals surface area contributed by atoms with Crippen LogP contribution in [0.5, 0.6) is 0 Å². The van der Waals surface area contributed by atoms with Gasteiger partial charge in [0.25, 0.3) is 0 Å². The normalized spacial score (nSPS) is 26.1. The lowest BCUT2D eigenvalue weighted by atomic mass is 9.93. The molecule has 1 saturated heterocycles. The maximum atomic E-state index is 5.83. The van der Waals surface area contributed by atoms with E-state index in [1.54, 1.807) is 0 Å².